The lowest BCUT2D eigenvalue weighted by Gasteiger charge is -2.10. The zero-order valence-corrected chi connectivity index (χ0v) is 17.1. The number of aromatic nitrogens is 2. The summed E-state index contributed by atoms with van der Waals surface area (Å²) in [6.45, 7) is 3.82. The molecule has 0 aliphatic rings. The van der Waals surface area contributed by atoms with Crippen molar-refractivity contribution >= 4 is 23.7 Å². The minimum absolute atomic E-state index is 0.0471. The zero-order chi connectivity index (χ0) is 22.1. The highest BCUT2D eigenvalue weighted by Gasteiger charge is 2.15. The van der Waals surface area contributed by atoms with Gasteiger partial charge in [-0.15, -0.1) is 0 Å². The predicted molar refractivity (Wildman–Crippen MR) is 114 cm³/mol. The predicted octanol–water partition coefficient (Wildman–Crippen LogP) is 4.13. The van der Waals surface area contributed by atoms with Crippen LogP contribution < -0.4 is 10.1 Å². The number of ether oxygens (including phenoxy) is 3. The molecular weight excluding hydrogens is 400 g/mol. The SMILES string of the molecule is CCOC(=O)N/C(=N/c1cccc(Oc2ccccc2)c1)n1cc(C(=O)OCC)cn1. The Hall–Kier alpha value is -4.14. The third kappa shape index (κ3) is 6.17. The van der Waals surface area contributed by atoms with Crippen LogP contribution >= 0.6 is 0 Å². The molecule has 3 rings (SSSR count). The van der Waals surface area contributed by atoms with Crippen molar-refractivity contribution in [2.45, 2.75) is 13.8 Å². The molecule has 0 saturated heterocycles. The first kappa shape index (κ1) is 21.6. The molecule has 3 aromatic rings. The molecule has 0 aliphatic heterocycles. The van der Waals surface area contributed by atoms with E-state index < -0.39 is 12.1 Å². The van der Waals surface area contributed by atoms with Crippen molar-refractivity contribution in [3.05, 3.63) is 72.6 Å². The Bertz CT molecular complexity index is 1060. The lowest BCUT2D eigenvalue weighted by Crippen LogP contribution is -2.36. The molecule has 31 heavy (non-hydrogen) atoms. The summed E-state index contributed by atoms with van der Waals surface area (Å²) in [7, 11) is 0. The van der Waals surface area contributed by atoms with Crippen molar-refractivity contribution in [3.63, 3.8) is 0 Å². The van der Waals surface area contributed by atoms with E-state index in [2.05, 4.69) is 15.4 Å². The molecule has 0 aliphatic carbocycles. The Morgan fingerprint density at radius 1 is 1.00 bits per heavy atom. The first-order chi connectivity index (χ1) is 15.1. The van der Waals surface area contributed by atoms with Gasteiger partial charge in [0.05, 0.1) is 30.7 Å². The fourth-order valence-electron chi connectivity index (χ4n) is 2.52. The number of rotatable bonds is 6. The quantitative estimate of drug-likeness (QED) is 0.364. The van der Waals surface area contributed by atoms with Crippen LogP contribution in [-0.4, -0.2) is 41.0 Å². The summed E-state index contributed by atoms with van der Waals surface area (Å²) < 4.78 is 17.0. The van der Waals surface area contributed by atoms with Gasteiger partial charge in [0.2, 0.25) is 5.96 Å². The van der Waals surface area contributed by atoms with Crippen LogP contribution in [0.3, 0.4) is 0 Å². The Balaban J connectivity index is 1.89. The molecule has 0 bridgehead atoms. The van der Waals surface area contributed by atoms with Crippen molar-refractivity contribution in [2.24, 2.45) is 4.99 Å². The first-order valence-electron chi connectivity index (χ1n) is 9.66. The van der Waals surface area contributed by atoms with Gasteiger partial charge in [0.15, 0.2) is 0 Å². The maximum atomic E-state index is 12.0. The van der Waals surface area contributed by atoms with E-state index in [0.717, 1.165) is 0 Å². The van der Waals surface area contributed by atoms with Crippen molar-refractivity contribution in [3.8, 4) is 11.5 Å². The lowest BCUT2D eigenvalue weighted by molar-refractivity contribution is 0.0526. The third-order valence-electron chi connectivity index (χ3n) is 3.83. The number of hydrogen-bond acceptors (Lipinski definition) is 7. The highest BCUT2D eigenvalue weighted by atomic mass is 16.5. The summed E-state index contributed by atoms with van der Waals surface area (Å²) in [5.41, 5.74) is 0.717. The number of amides is 1. The molecule has 9 nitrogen and oxygen atoms in total. The van der Waals surface area contributed by atoms with Crippen LogP contribution in [0.4, 0.5) is 10.5 Å². The molecule has 1 aromatic heterocycles. The smallest absolute Gasteiger partial charge is 0.414 e. The molecular formula is C22H22N4O5. The molecule has 2 aromatic carbocycles. The van der Waals surface area contributed by atoms with Gasteiger partial charge in [0.25, 0.3) is 0 Å². The van der Waals surface area contributed by atoms with Gasteiger partial charge in [-0.05, 0) is 38.1 Å². The Labute approximate surface area is 179 Å². The van der Waals surface area contributed by atoms with E-state index in [9.17, 15) is 9.59 Å². The number of nitrogens with one attached hydrogen (secondary N) is 1. The van der Waals surface area contributed by atoms with Gasteiger partial charge < -0.3 is 14.2 Å². The fourth-order valence-corrected chi connectivity index (χ4v) is 2.52. The highest BCUT2D eigenvalue weighted by molar-refractivity contribution is 5.97. The molecule has 1 N–H and O–H groups in total. The zero-order valence-electron chi connectivity index (χ0n) is 17.1. The number of carbonyl (C=O) groups excluding carboxylic acids is 2. The summed E-state index contributed by atoms with van der Waals surface area (Å²) in [5.74, 6) is 0.767. The Morgan fingerprint density at radius 3 is 2.48 bits per heavy atom. The van der Waals surface area contributed by atoms with E-state index in [4.69, 9.17) is 14.2 Å². The van der Waals surface area contributed by atoms with Crippen molar-refractivity contribution in [1.82, 2.24) is 15.1 Å². The summed E-state index contributed by atoms with van der Waals surface area (Å²) in [5, 5.41) is 6.64. The molecule has 0 saturated carbocycles. The minimum Gasteiger partial charge on any atom is -0.462 e. The van der Waals surface area contributed by atoms with Crippen LogP contribution in [0.2, 0.25) is 0 Å². The van der Waals surface area contributed by atoms with Crippen LogP contribution in [0.1, 0.15) is 24.2 Å². The molecule has 0 atom stereocenters. The van der Waals surface area contributed by atoms with Crippen molar-refractivity contribution < 1.29 is 23.8 Å². The second-order valence-electron chi connectivity index (χ2n) is 6.09. The summed E-state index contributed by atoms with van der Waals surface area (Å²) >= 11 is 0. The number of hydrogen-bond donors (Lipinski definition) is 1. The van der Waals surface area contributed by atoms with Gasteiger partial charge >= 0.3 is 12.1 Å². The number of nitrogens with zero attached hydrogens (tertiary/aromatic N) is 3. The summed E-state index contributed by atoms with van der Waals surface area (Å²) in [6.07, 6.45) is 2.04. The van der Waals surface area contributed by atoms with Gasteiger partial charge in [0.1, 0.15) is 11.5 Å². The Kier molecular flexibility index (Phi) is 7.36. The lowest BCUT2D eigenvalue weighted by atomic mass is 10.3. The van der Waals surface area contributed by atoms with Crippen LogP contribution in [0.25, 0.3) is 0 Å². The largest absolute Gasteiger partial charge is 0.462 e. The summed E-state index contributed by atoms with van der Waals surface area (Å²) in [4.78, 5) is 28.4. The number of alkyl carbamates (subject to hydrolysis) is 1. The van der Waals surface area contributed by atoms with E-state index in [1.807, 2.05) is 30.3 Å². The molecule has 1 heterocycles. The van der Waals surface area contributed by atoms with Gasteiger partial charge in [-0.1, -0.05) is 24.3 Å². The molecule has 0 unspecified atom stereocenters. The van der Waals surface area contributed by atoms with Gasteiger partial charge in [-0.3, -0.25) is 5.32 Å². The number of aliphatic imine (C=N–C) groups is 1. The maximum Gasteiger partial charge on any atom is 0.414 e. The highest BCUT2D eigenvalue weighted by Crippen LogP contribution is 2.25. The molecule has 1 amide bonds. The second kappa shape index (κ2) is 10.6. The third-order valence-corrected chi connectivity index (χ3v) is 3.83. The van der Waals surface area contributed by atoms with Crippen LogP contribution in [0.15, 0.2) is 72.0 Å². The standard InChI is InChI=1S/C22H22N4O5/c1-3-29-20(27)16-14-23-26(15-16)21(25-22(28)30-4-2)24-17-9-8-12-19(13-17)31-18-10-6-5-7-11-18/h5-15H,3-4H2,1-2H3,(H,24,25,28). The van der Waals surface area contributed by atoms with Gasteiger partial charge in [-0.2, -0.15) is 5.10 Å². The second-order valence-corrected chi connectivity index (χ2v) is 6.09. The fraction of sp³-hybridized carbons (Fsp3) is 0.182. The van der Waals surface area contributed by atoms with E-state index in [-0.39, 0.29) is 24.7 Å². The van der Waals surface area contributed by atoms with E-state index >= 15 is 0 Å². The van der Waals surface area contributed by atoms with Gasteiger partial charge in [0, 0.05) is 12.3 Å². The molecule has 0 spiro atoms. The van der Waals surface area contributed by atoms with Crippen LogP contribution in [0, 0.1) is 0 Å². The van der Waals surface area contributed by atoms with Gasteiger partial charge in [-0.25, -0.2) is 19.3 Å². The number of para-hydroxylation sites is 1. The average Bonchev–Trinajstić information content (AvgIpc) is 3.25. The number of carbonyl (C=O) groups is 2. The molecule has 0 radical (unpaired) electrons. The van der Waals surface area contributed by atoms with Crippen LogP contribution in [-0.2, 0) is 9.47 Å². The van der Waals surface area contributed by atoms with Crippen molar-refractivity contribution in [2.75, 3.05) is 13.2 Å². The van der Waals surface area contributed by atoms with E-state index in [1.54, 1.807) is 38.1 Å². The summed E-state index contributed by atoms with van der Waals surface area (Å²) in [6, 6.07) is 16.3. The van der Waals surface area contributed by atoms with E-state index in [1.165, 1.54) is 17.1 Å². The maximum absolute atomic E-state index is 12.0. The van der Waals surface area contributed by atoms with E-state index in [0.29, 0.717) is 17.2 Å². The normalized spacial score (nSPS) is 11.0. The number of benzene rings is 2. The topological polar surface area (TPSA) is 104 Å². The molecule has 0 fully saturated rings. The van der Waals surface area contributed by atoms with Crippen LogP contribution in [0.5, 0.6) is 11.5 Å². The Morgan fingerprint density at radius 2 is 1.74 bits per heavy atom. The number of esters is 1. The monoisotopic (exact) mass is 422 g/mol. The van der Waals surface area contributed by atoms with Crippen molar-refractivity contribution in [1.29, 1.82) is 0 Å². The minimum atomic E-state index is -0.703. The first-order valence-corrected chi connectivity index (χ1v) is 9.66. The molecule has 9 heteroatoms. The average molecular weight is 422 g/mol. The molecule has 160 valence electrons.